The number of nitrogens with one attached hydrogen (secondary N) is 1. The van der Waals surface area contributed by atoms with E-state index < -0.39 is 23.7 Å². The zero-order chi connectivity index (χ0) is 30.2. The predicted molar refractivity (Wildman–Crippen MR) is 183 cm³/mol. The van der Waals surface area contributed by atoms with Gasteiger partial charge >= 0.3 is 0 Å². The van der Waals surface area contributed by atoms with Crippen LogP contribution in [-0.2, 0) is 16.4 Å². The molecule has 0 radical (unpaired) electrons. The first kappa shape index (κ1) is 29.5. The van der Waals surface area contributed by atoms with Crippen molar-refractivity contribution in [2.45, 2.75) is 50.8 Å². The molecule has 0 aliphatic carbocycles. The smallest absolute Gasteiger partial charge is 0.139 e. The molecule has 0 unspecified atom stereocenters. The lowest BCUT2D eigenvalue weighted by atomic mass is 9.74. The summed E-state index contributed by atoms with van der Waals surface area (Å²) in [6.45, 7) is 10.6. The molecule has 6 rings (SSSR count). The summed E-state index contributed by atoms with van der Waals surface area (Å²) >= 11 is 0. The molecule has 5 aromatic rings. The van der Waals surface area contributed by atoms with Crippen LogP contribution < -0.4 is 25.4 Å². The van der Waals surface area contributed by atoms with Gasteiger partial charge in [0.1, 0.15) is 11.5 Å². The van der Waals surface area contributed by atoms with Crippen LogP contribution in [0, 0.1) is 0 Å². The summed E-state index contributed by atoms with van der Waals surface area (Å²) in [6.07, 6.45) is 0. The Bertz CT molecular complexity index is 1710. The van der Waals surface area contributed by atoms with Crippen molar-refractivity contribution in [2.75, 3.05) is 0 Å². The Hall–Kier alpha value is -3.56. The Balaban J connectivity index is 1.55. The molecule has 1 aliphatic heterocycles. The number of hydrogen-bond acceptors (Lipinski definition) is 2. The van der Waals surface area contributed by atoms with Crippen molar-refractivity contribution in [3.8, 4) is 11.5 Å². The van der Waals surface area contributed by atoms with Crippen molar-refractivity contribution in [3.63, 3.8) is 0 Å². The fraction of sp³-hybridized carbons (Fsp3) is 0.211. The fourth-order valence-electron chi connectivity index (χ4n) is 5.76. The van der Waals surface area contributed by atoms with Gasteiger partial charge in [0.2, 0.25) is 0 Å². The molecule has 43 heavy (non-hydrogen) atoms. The third-order valence-electron chi connectivity index (χ3n) is 8.09. The molecule has 2 atom stereocenters. The minimum atomic E-state index is -1.30. The quantitative estimate of drug-likeness (QED) is 0.191. The van der Waals surface area contributed by atoms with Crippen LogP contribution in [0.5, 0.6) is 11.5 Å². The molecule has 0 aromatic heterocycles. The molecule has 218 valence electrons. The molecule has 0 saturated carbocycles. The maximum Gasteiger partial charge on any atom is 0.139 e. The molecule has 1 N–H and O–H groups in total. The van der Waals surface area contributed by atoms with E-state index in [4.69, 9.17) is 4.74 Å². The maximum absolute atomic E-state index is 13.5. The Morgan fingerprint density at radius 3 is 1.74 bits per heavy atom. The molecular weight excluding hydrogens is 565 g/mol. The molecule has 0 spiro atoms. The van der Waals surface area contributed by atoms with Crippen LogP contribution in [0.1, 0.15) is 62.9 Å². The molecule has 0 bridgehead atoms. The minimum absolute atomic E-state index is 0.312. The van der Waals surface area contributed by atoms with Crippen LogP contribution in [0.15, 0.2) is 127 Å². The Labute approximate surface area is 259 Å². The van der Waals surface area contributed by atoms with Gasteiger partial charge in [-0.15, -0.1) is 0 Å². The van der Waals surface area contributed by atoms with Gasteiger partial charge in [0.15, 0.2) is 0 Å². The number of hydrogen-bond donors (Lipinski definition) is 1. The summed E-state index contributed by atoms with van der Waals surface area (Å²) in [5.41, 5.74) is 4.02. The highest BCUT2D eigenvalue weighted by Crippen LogP contribution is 2.52. The van der Waals surface area contributed by atoms with E-state index in [2.05, 4.69) is 128 Å². The second-order valence-corrected chi connectivity index (χ2v) is 16.6. The molecule has 0 amide bonds. The van der Waals surface area contributed by atoms with Crippen LogP contribution in [0.25, 0.3) is 0 Å². The van der Waals surface area contributed by atoms with Crippen LogP contribution in [-0.4, -0.2) is 8.96 Å². The summed E-state index contributed by atoms with van der Waals surface area (Å²) in [4.78, 5) is 0. The predicted octanol–water partition coefficient (Wildman–Crippen LogP) is 8.02. The molecule has 5 aromatic carbocycles. The van der Waals surface area contributed by atoms with Gasteiger partial charge in [-0.2, -0.15) is 0 Å². The lowest BCUT2D eigenvalue weighted by Crippen LogP contribution is -2.37. The molecule has 3 nitrogen and oxygen atoms in total. The summed E-state index contributed by atoms with van der Waals surface area (Å²) in [5.74, 6) is 1.77. The van der Waals surface area contributed by atoms with Crippen molar-refractivity contribution >= 4 is 34.8 Å². The Morgan fingerprint density at radius 2 is 1.19 bits per heavy atom. The van der Waals surface area contributed by atoms with Gasteiger partial charge in [-0.05, 0) is 44.9 Å². The second-order valence-electron chi connectivity index (χ2n) is 12.5. The molecular formula is C38H38NO2PS. The third kappa shape index (κ3) is 5.72. The largest absolute Gasteiger partial charge is 0.456 e. The highest BCUT2D eigenvalue weighted by Gasteiger charge is 2.39. The number of ether oxygens (including phenoxy) is 1. The van der Waals surface area contributed by atoms with Crippen molar-refractivity contribution in [1.29, 1.82) is 0 Å². The van der Waals surface area contributed by atoms with Crippen LogP contribution in [0.4, 0.5) is 0 Å². The minimum Gasteiger partial charge on any atom is -0.456 e. The van der Waals surface area contributed by atoms with Crippen LogP contribution in [0.2, 0.25) is 0 Å². The van der Waals surface area contributed by atoms with Crippen LogP contribution in [0.3, 0.4) is 0 Å². The first-order chi connectivity index (χ1) is 20.7. The Morgan fingerprint density at radius 1 is 0.674 bits per heavy atom. The van der Waals surface area contributed by atoms with Gasteiger partial charge in [0, 0.05) is 27.4 Å². The molecule has 0 fully saturated rings. The SMILES string of the molecule is CC1(C)c2cccc([C@@H](N[S@@](=O)C(C)(C)C)c3ccccc3)c2Oc2c(P(c3ccccc3)c3ccccc3)cccc21. The normalized spacial score (nSPS) is 15.2. The van der Waals surface area contributed by atoms with E-state index in [9.17, 15) is 4.21 Å². The molecule has 1 aliphatic rings. The Kier molecular flexibility index (Phi) is 8.13. The molecule has 0 saturated heterocycles. The van der Waals surface area contributed by atoms with E-state index >= 15 is 0 Å². The topological polar surface area (TPSA) is 38.3 Å². The van der Waals surface area contributed by atoms with E-state index in [0.717, 1.165) is 28.2 Å². The van der Waals surface area contributed by atoms with Crippen molar-refractivity contribution in [1.82, 2.24) is 4.72 Å². The van der Waals surface area contributed by atoms with Gasteiger partial charge in [0.05, 0.1) is 21.8 Å². The van der Waals surface area contributed by atoms with E-state index in [1.807, 2.05) is 39.0 Å². The van der Waals surface area contributed by atoms with Gasteiger partial charge in [0.25, 0.3) is 0 Å². The number of rotatable bonds is 7. The number of para-hydroxylation sites is 2. The summed E-state index contributed by atoms with van der Waals surface area (Å²) in [5, 5.41) is 3.75. The van der Waals surface area contributed by atoms with Crippen LogP contribution >= 0.6 is 7.92 Å². The van der Waals surface area contributed by atoms with E-state index in [1.54, 1.807) is 0 Å². The van der Waals surface area contributed by atoms with Crippen molar-refractivity contribution < 1.29 is 8.95 Å². The second kappa shape index (κ2) is 11.8. The average Bonchev–Trinajstić information content (AvgIpc) is 3.01. The lowest BCUT2D eigenvalue weighted by molar-refractivity contribution is 0.413. The lowest BCUT2D eigenvalue weighted by Gasteiger charge is -2.38. The number of fused-ring (bicyclic) bond motifs is 2. The van der Waals surface area contributed by atoms with Crippen molar-refractivity contribution in [2.24, 2.45) is 0 Å². The number of benzene rings is 5. The zero-order valence-corrected chi connectivity index (χ0v) is 27.1. The standard InChI is InChI=1S/C38H38NO2PS/c1-37(2,3)43(40)39-34(27-17-9-6-10-18-27)30-23-15-24-31-35(30)41-36-32(38(31,4)5)25-16-26-33(36)42(28-19-11-7-12-20-28)29-21-13-8-14-22-29/h6-26,34,39H,1-5H3/t34-,43-/m0/s1. The summed E-state index contributed by atoms with van der Waals surface area (Å²) in [6, 6.07) is 44.5. The van der Waals surface area contributed by atoms with Gasteiger partial charge in [-0.3, -0.25) is 0 Å². The summed E-state index contributed by atoms with van der Waals surface area (Å²) < 4.78 is 23.7. The van der Waals surface area contributed by atoms with E-state index in [1.165, 1.54) is 21.5 Å². The first-order valence-electron chi connectivity index (χ1n) is 14.7. The third-order valence-corrected chi connectivity index (χ3v) is 12.1. The van der Waals surface area contributed by atoms with Gasteiger partial charge in [-0.1, -0.05) is 141 Å². The fourth-order valence-corrected chi connectivity index (χ4v) is 8.99. The highest BCUT2D eigenvalue weighted by molar-refractivity contribution is 7.84. The zero-order valence-electron chi connectivity index (χ0n) is 25.4. The summed E-state index contributed by atoms with van der Waals surface area (Å²) in [7, 11) is -2.18. The average molecular weight is 604 g/mol. The molecule has 5 heteroatoms. The van der Waals surface area contributed by atoms with Gasteiger partial charge < -0.3 is 4.74 Å². The van der Waals surface area contributed by atoms with E-state index in [-0.39, 0.29) is 11.5 Å². The van der Waals surface area contributed by atoms with E-state index in [0.29, 0.717) is 0 Å². The molecule has 1 heterocycles. The van der Waals surface area contributed by atoms with Gasteiger partial charge in [-0.25, -0.2) is 8.93 Å². The van der Waals surface area contributed by atoms with Crippen molar-refractivity contribution in [3.05, 3.63) is 150 Å². The first-order valence-corrected chi connectivity index (χ1v) is 17.2. The highest BCUT2D eigenvalue weighted by atomic mass is 32.2. The maximum atomic E-state index is 13.5. The monoisotopic (exact) mass is 603 g/mol.